The molecule has 0 aromatic carbocycles. The molecule has 0 bridgehead atoms. The molecule has 402 valence electrons. The minimum absolute atomic E-state index is 0.0341. The third-order valence-electron chi connectivity index (χ3n) is 11.8. The van der Waals surface area contributed by atoms with Crippen molar-refractivity contribution in [1.82, 2.24) is 30.2 Å². The minimum atomic E-state index is -5.58. The van der Waals surface area contributed by atoms with Crippen LogP contribution in [0, 0.1) is 11.3 Å². The molecule has 0 saturated carbocycles. The highest BCUT2D eigenvalue weighted by Gasteiger charge is 2.50. The van der Waals surface area contributed by atoms with Gasteiger partial charge in [0.25, 0.3) is 0 Å². The van der Waals surface area contributed by atoms with E-state index in [2.05, 4.69) is 48.3 Å². The number of amides is 2. The Kier molecular flexibility index (Phi) is 27.1. The van der Waals surface area contributed by atoms with Crippen LogP contribution in [0.25, 0.3) is 11.2 Å². The first-order chi connectivity index (χ1) is 32.9. The zero-order valence-corrected chi connectivity index (χ0v) is 44.2. The van der Waals surface area contributed by atoms with Gasteiger partial charge in [-0.2, -0.15) is 4.31 Å². The molecule has 1 fully saturated rings. The number of imidazole rings is 1. The number of phosphoric acid groups is 3. The quantitative estimate of drug-likeness (QED) is 0.0279. The van der Waals surface area contributed by atoms with Gasteiger partial charge in [0, 0.05) is 37.1 Å². The summed E-state index contributed by atoms with van der Waals surface area (Å²) < 4.78 is 62.5. The predicted molar refractivity (Wildman–Crippen MR) is 260 cm³/mol. The molecule has 0 radical (unpaired) electrons. The molecule has 2 aromatic rings. The van der Waals surface area contributed by atoms with Gasteiger partial charge < -0.3 is 50.9 Å². The van der Waals surface area contributed by atoms with Crippen LogP contribution in [0.5, 0.6) is 0 Å². The second-order valence-corrected chi connectivity index (χ2v) is 23.7. The van der Waals surface area contributed by atoms with Crippen LogP contribution in [0.2, 0.25) is 0 Å². The average Bonchev–Trinajstić information content (AvgIpc) is 3.85. The van der Waals surface area contributed by atoms with Gasteiger partial charge in [-0.3, -0.25) is 32.5 Å². The molecule has 28 heteroatoms. The Bertz CT molecular complexity index is 2070. The molecule has 0 aliphatic carbocycles. The van der Waals surface area contributed by atoms with Crippen molar-refractivity contribution >= 4 is 69.1 Å². The highest BCUT2D eigenvalue weighted by molar-refractivity contribution is 8.13. The number of carbonyl (C=O) groups excluding carboxylic acids is 3. The second-order valence-electron chi connectivity index (χ2n) is 18.3. The number of nitrogens with one attached hydrogen (secondary N) is 2. The number of thioether (sulfide) groups is 1. The number of aliphatic hydroxyl groups excluding tert-OH is 2. The number of hydrogen-bond donors (Lipinski definition) is 9. The van der Waals surface area contributed by atoms with Gasteiger partial charge >= 0.3 is 23.5 Å². The molecule has 3 rings (SSSR count). The van der Waals surface area contributed by atoms with Crippen molar-refractivity contribution in [3.05, 3.63) is 12.7 Å². The fourth-order valence-electron chi connectivity index (χ4n) is 7.45. The predicted octanol–water partition coefficient (Wildman–Crippen LogP) is 5.95. The molecule has 70 heavy (non-hydrogen) atoms. The van der Waals surface area contributed by atoms with Crippen molar-refractivity contribution in [1.29, 1.82) is 0 Å². The van der Waals surface area contributed by atoms with Crippen LogP contribution in [0.1, 0.15) is 149 Å². The number of anilines is 1. The molecular formula is C42H76N7O17P3S. The van der Waals surface area contributed by atoms with E-state index in [0.29, 0.717) is 12.2 Å². The number of nitrogen functional groups attached to an aromatic ring is 1. The summed E-state index contributed by atoms with van der Waals surface area (Å²) in [5, 5.41) is 26.7. The topological polar surface area (TPSA) is 364 Å². The Morgan fingerprint density at radius 1 is 0.857 bits per heavy atom. The van der Waals surface area contributed by atoms with Crippen LogP contribution in [0.4, 0.5) is 5.82 Å². The molecule has 2 aromatic heterocycles. The van der Waals surface area contributed by atoms with Gasteiger partial charge in [-0.25, -0.2) is 28.6 Å². The van der Waals surface area contributed by atoms with E-state index in [4.69, 9.17) is 19.5 Å². The number of nitrogens with two attached hydrogens (primary N) is 1. The number of carbonyl (C=O) groups is 3. The standard InChI is InChI=1S/C42H76N7O17P3S/c1-5-30(2)20-18-16-14-12-10-8-6-7-9-11-13-15-17-19-21-33(51)70-25-24-44-32(50)22-23-45-40(54)37(53)42(3,4)27-63-69(60,61)66-68(58,59)62-26-31-36(65-67(55,56)57)35(52)41(64-31)49-29-48-34-38(43)46-28-47-39(34)49/h28-31,35-37,41,52-53H,5-27H2,1-4H3,(H,44,50)(H,45,54)(H,58,59)(H,60,61)(H2,43,46,47)(H2,55,56,57). The zero-order valence-electron chi connectivity index (χ0n) is 40.7. The number of aliphatic hydroxyl groups is 2. The Morgan fingerprint density at radius 2 is 1.44 bits per heavy atom. The van der Waals surface area contributed by atoms with E-state index in [-0.39, 0.29) is 41.6 Å². The normalized spacial score (nSPS) is 20.2. The lowest BCUT2D eigenvalue weighted by molar-refractivity contribution is -0.137. The molecule has 8 atom stereocenters. The lowest BCUT2D eigenvalue weighted by Gasteiger charge is -2.30. The molecule has 1 aliphatic heterocycles. The molecule has 8 unspecified atom stereocenters. The van der Waals surface area contributed by atoms with Crippen molar-refractivity contribution < 1.29 is 80.5 Å². The number of unbranched alkanes of at least 4 members (excludes halogenated alkanes) is 13. The maximum Gasteiger partial charge on any atom is 0.481 e. The summed E-state index contributed by atoms with van der Waals surface area (Å²) in [5.74, 6) is -0.155. The molecular weight excluding hydrogens is 999 g/mol. The second kappa shape index (κ2) is 30.7. The van der Waals surface area contributed by atoms with Crippen molar-refractivity contribution in [3.8, 4) is 0 Å². The summed E-state index contributed by atoms with van der Waals surface area (Å²) >= 11 is 1.16. The Balaban J connectivity index is 1.26. The number of hydrogen-bond acceptors (Lipinski definition) is 18. The summed E-state index contributed by atoms with van der Waals surface area (Å²) in [6.45, 7) is 5.19. The summed E-state index contributed by atoms with van der Waals surface area (Å²) in [7, 11) is -16.4. The number of phosphoric ester groups is 3. The van der Waals surface area contributed by atoms with Crippen molar-refractivity contribution in [2.24, 2.45) is 11.3 Å². The van der Waals surface area contributed by atoms with E-state index in [1.807, 2.05) is 0 Å². The molecule has 1 aliphatic rings. The number of fused-ring (bicyclic) bond motifs is 1. The van der Waals surface area contributed by atoms with Crippen molar-refractivity contribution in [2.45, 2.75) is 174 Å². The Morgan fingerprint density at radius 3 is 2.04 bits per heavy atom. The van der Waals surface area contributed by atoms with Gasteiger partial charge in [-0.05, 0) is 12.3 Å². The average molecular weight is 1080 g/mol. The summed E-state index contributed by atoms with van der Waals surface area (Å²) in [5.41, 5.74) is 4.29. The van der Waals surface area contributed by atoms with Crippen LogP contribution in [-0.4, -0.2) is 123 Å². The third kappa shape index (κ3) is 23.2. The summed E-state index contributed by atoms with van der Waals surface area (Å²) in [6, 6.07) is 0. The highest BCUT2D eigenvalue weighted by atomic mass is 32.2. The maximum atomic E-state index is 12.8. The van der Waals surface area contributed by atoms with E-state index in [1.54, 1.807) is 0 Å². The van der Waals surface area contributed by atoms with Crippen molar-refractivity contribution in [2.75, 3.05) is 37.8 Å². The fraction of sp³-hybridized carbons (Fsp3) is 0.810. The van der Waals surface area contributed by atoms with E-state index in [0.717, 1.165) is 54.2 Å². The lowest BCUT2D eigenvalue weighted by atomic mass is 9.87. The first-order valence-electron chi connectivity index (χ1n) is 24.0. The van der Waals surface area contributed by atoms with Gasteiger partial charge in [0.05, 0.1) is 19.5 Å². The van der Waals surface area contributed by atoms with Gasteiger partial charge in [0.15, 0.2) is 22.8 Å². The van der Waals surface area contributed by atoms with E-state index in [9.17, 15) is 57.9 Å². The number of rotatable bonds is 37. The smallest absolute Gasteiger partial charge is 0.386 e. The molecule has 2 amide bonds. The van der Waals surface area contributed by atoms with Gasteiger partial charge in [-0.15, -0.1) is 0 Å². The largest absolute Gasteiger partial charge is 0.481 e. The minimum Gasteiger partial charge on any atom is -0.386 e. The van der Waals surface area contributed by atoms with Crippen LogP contribution < -0.4 is 16.4 Å². The number of aromatic nitrogens is 4. The van der Waals surface area contributed by atoms with E-state index < -0.39 is 84.6 Å². The van der Waals surface area contributed by atoms with Crippen LogP contribution >= 0.6 is 35.2 Å². The fourth-order valence-corrected chi connectivity index (χ4v) is 11.0. The zero-order chi connectivity index (χ0) is 52.0. The summed E-state index contributed by atoms with van der Waals surface area (Å²) in [4.78, 5) is 88.5. The van der Waals surface area contributed by atoms with Crippen LogP contribution in [0.3, 0.4) is 0 Å². The van der Waals surface area contributed by atoms with E-state index >= 15 is 0 Å². The van der Waals surface area contributed by atoms with Gasteiger partial charge in [0.2, 0.25) is 11.8 Å². The monoisotopic (exact) mass is 1080 g/mol. The summed E-state index contributed by atoms with van der Waals surface area (Å²) in [6.07, 6.45) is 13.7. The molecule has 24 nitrogen and oxygen atoms in total. The Hall–Kier alpha value is -2.44. The third-order valence-corrected chi connectivity index (χ3v) is 15.8. The number of nitrogens with zero attached hydrogens (tertiary/aromatic N) is 4. The SMILES string of the molecule is CCC(C)CCCCCCCCCCCCCCCCC(=O)SCCNC(=O)CCNC(=O)C(O)C(C)(C)COP(=O)(O)OP(=O)(O)OCC1OC(n2cnc3c(N)ncnc32)C(O)C1OP(=O)(O)O. The molecule has 1 saturated heterocycles. The van der Waals surface area contributed by atoms with Gasteiger partial charge in [0.1, 0.15) is 36.3 Å². The lowest BCUT2D eigenvalue weighted by Crippen LogP contribution is -2.46. The molecule has 0 spiro atoms. The molecule has 10 N–H and O–H groups in total. The van der Waals surface area contributed by atoms with Crippen molar-refractivity contribution in [3.63, 3.8) is 0 Å². The van der Waals surface area contributed by atoms with E-state index in [1.165, 1.54) is 97.3 Å². The first-order valence-corrected chi connectivity index (χ1v) is 29.5. The van der Waals surface area contributed by atoms with Crippen LogP contribution in [-0.2, 0) is 50.7 Å². The highest BCUT2D eigenvalue weighted by Crippen LogP contribution is 2.61. The maximum absolute atomic E-state index is 12.8. The van der Waals surface area contributed by atoms with Crippen LogP contribution in [0.15, 0.2) is 12.7 Å². The molecule has 3 heterocycles. The van der Waals surface area contributed by atoms with Gasteiger partial charge in [-0.1, -0.05) is 136 Å². The number of ether oxygens (including phenoxy) is 1. The first kappa shape index (κ1) is 61.9. The Labute approximate surface area is 414 Å².